The summed E-state index contributed by atoms with van der Waals surface area (Å²) in [7, 11) is 0. The molecule has 448 valence electrons. The van der Waals surface area contributed by atoms with Crippen molar-refractivity contribution in [1.82, 2.24) is 0 Å². The zero-order valence-corrected chi connectivity index (χ0v) is 51.6. The summed E-state index contributed by atoms with van der Waals surface area (Å²) in [5.41, 5.74) is 0. The Balaban J connectivity index is 4.21. The van der Waals surface area contributed by atoms with Crippen LogP contribution >= 0.6 is 0 Å². The van der Waals surface area contributed by atoms with Gasteiger partial charge in [-0.05, 0) is 70.6 Å². The van der Waals surface area contributed by atoms with Crippen LogP contribution in [0.1, 0.15) is 387 Å². The van der Waals surface area contributed by atoms with Gasteiger partial charge in [-0.3, -0.25) is 14.4 Å². The number of carbonyl (C=O) groups is 3. The van der Waals surface area contributed by atoms with Crippen LogP contribution in [-0.4, -0.2) is 37.2 Å². The van der Waals surface area contributed by atoms with Crippen molar-refractivity contribution in [2.24, 2.45) is 0 Å². The van der Waals surface area contributed by atoms with E-state index in [1.54, 1.807) is 0 Å². The third-order valence-corrected chi connectivity index (χ3v) is 15.7. The van der Waals surface area contributed by atoms with Gasteiger partial charge < -0.3 is 14.2 Å². The fraction of sp³-hybridized carbons (Fsp3) is 0.900. The normalized spacial score (nSPS) is 12.1. The molecule has 0 aliphatic carbocycles. The molecule has 6 nitrogen and oxygen atoms in total. The van der Waals surface area contributed by atoms with Crippen molar-refractivity contribution in [3.63, 3.8) is 0 Å². The average molecular weight is 1070 g/mol. The third kappa shape index (κ3) is 62.7. The van der Waals surface area contributed by atoms with E-state index in [9.17, 15) is 14.4 Å². The maximum atomic E-state index is 12.9. The molecule has 0 radical (unpaired) electrons. The Hall–Kier alpha value is -2.11. The van der Waals surface area contributed by atoms with E-state index in [4.69, 9.17) is 14.2 Å². The van der Waals surface area contributed by atoms with Crippen molar-refractivity contribution in [2.75, 3.05) is 13.2 Å². The fourth-order valence-electron chi connectivity index (χ4n) is 10.5. The van der Waals surface area contributed by atoms with E-state index in [-0.39, 0.29) is 31.1 Å². The lowest BCUT2D eigenvalue weighted by atomic mass is 10.0. The molecule has 0 aromatic rings. The van der Waals surface area contributed by atoms with Crippen molar-refractivity contribution in [2.45, 2.75) is 393 Å². The van der Waals surface area contributed by atoms with E-state index in [1.165, 1.54) is 276 Å². The molecule has 0 saturated carbocycles. The van der Waals surface area contributed by atoms with E-state index >= 15 is 0 Å². The number of ether oxygens (including phenoxy) is 3. The Labute approximate surface area is 474 Å². The number of hydrogen-bond acceptors (Lipinski definition) is 6. The predicted octanol–water partition coefficient (Wildman–Crippen LogP) is 23.4. The molecule has 0 spiro atoms. The van der Waals surface area contributed by atoms with Gasteiger partial charge in [0.2, 0.25) is 0 Å². The summed E-state index contributed by atoms with van der Waals surface area (Å²) in [6.07, 6.45) is 79.2. The highest BCUT2D eigenvalue weighted by atomic mass is 16.6. The molecule has 0 fully saturated rings. The van der Waals surface area contributed by atoms with E-state index in [0.717, 1.165) is 70.6 Å². The Kier molecular flexibility index (Phi) is 63.6. The van der Waals surface area contributed by atoms with Gasteiger partial charge in [-0.1, -0.05) is 321 Å². The lowest BCUT2D eigenvalue weighted by Crippen LogP contribution is -2.30. The first-order valence-corrected chi connectivity index (χ1v) is 34.3. The number of unbranched alkanes of at least 4 members (excludes halogenated alkanes) is 49. The molecule has 0 heterocycles. The summed E-state index contributed by atoms with van der Waals surface area (Å²) in [6, 6.07) is 0. The molecular weight excluding hydrogens is 937 g/mol. The molecule has 6 heteroatoms. The standard InChI is InChI=1S/C70H132O6/c1-4-7-10-13-16-19-22-25-28-30-31-32-33-34-35-36-37-38-39-40-43-45-48-51-54-57-60-63-69(72)75-66-67(65-74-68(71)62-59-56-53-50-47-44-41-27-24-21-18-15-12-9-6-3)76-70(73)64-61-58-55-52-49-46-42-29-26-23-20-17-14-11-8-5-2/h27,29,41-42,67H,4-26,28,30-40,43-66H2,1-3H3/b41-27-,42-29-. The van der Waals surface area contributed by atoms with Gasteiger partial charge in [0.25, 0.3) is 0 Å². The van der Waals surface area contributed by atoms with E-state index in [1.807, 2.05) is 0 Å². The predicted molar refractivity (Wildman–Crippen MR) is 330 cm³/mol. The van der Waals surface area contributed by atoms with Crippen LogP contribution in [0.15, 0.2) is 24.3 Å². The van der Waals surface area contributed by atoms with E-state index in [2.05, 4.69) is 45.1 Å². The molecule has 76 heavy (non-hydrogen) atoms. The first-order valence-electron chi connectivity index (χ1n) is 34.3. The largest absolute Gasteiger partial charge is 0.462 e. The number of hydrogen-bond donors (Lipinski definition) is 0. The zero-order valence-electron chi connectivity index (χ0n) is 51.6. The number of allylic oxidation sites excluding steroid dienone is 4. The second-order valence-electron chi connectivity index (χ2n) is 23.4. The number of esters is 3. The van der Waals surface area contributed by atoms with Crippen LogP contribution in [-0.2, 0) is 28.6 Å². The van der Waals surface area contributed by atoms with E-state index in [0.29, 0.717) is 19.3 Å². The van der Waals surface area contributed by atoms with E-state index < -0.39 is 6.10 Å². The first-order chi connectivity index (χ1) is 37.5. The highest BCUT2D eigenvalue weighted by Gasteiger charge is 2.19. The molecular formula is C70H132O6. The van der Waals surface area contributed by atoms with Crippen LogP contribution in [0.2, 0.25) is 0 Å². The minimum absolute atomic E-state index is 0.0722. The molecule has 0 saturated heterocycles. The second-order valence-corrected chi connectivity index (χ2v) is 23.4. The summed E-state index contributed by atoms with van der Waals surface area (Å²) in [4.78, 5) is 38.3. The van der Waals surface area contributed by atoms with Gasteiger partial charge in [-0.15, -0.1) is 0 Å². The van der Waals surface area contributed by atoms with Crippen LogP contribution < -0.4 is 0 Å². The van der Waals surface area contributed by atoms with Crippen molar-refractivity contribution in [3.05, 3.63) is 24.3 Å². The van der Waals surface area contributed by atoms with Crippen LogP contribution in [0.3, 0.4) is 0 Å². The van der Waals surface area contributed by atoms with Gasteiger partial charge in [0.15, 0.2) is 6.10 Å². The molecule has 1 atom stereocenters. The molecule has 0 aliphatic heterocycles. The SMILES string of the molecule is CCCCCCCC/C=C\CCCCCCCC(=O)OCC(COC(=O)CCCCCCCCCCCCCCCCCCCCCCCCCCCCC)OC(=O)CCCCCCC/C=C\CCCCCCCCC. The van der Waals surface area contributed by atoms with Crippen molar-refractivity contribution in [1.29, 1.82) is 0 Å². The highest BCUT2D eigenvalue weighted by molar-refractivity contribution is 5.71. The lowest BCUT2D eigenvalue weighted by molar-refractivity contribution is -0.167. The maximum Gasteiger partial charge on any atom is 0.306 e. The molecule has 0 N–H and O–H groups in total. The van der Waals surface area contributed by atoms with Gasteiger partial charge >= 0.3 is 17.9 Å². The number of carbonyl (C=O) groups excluding carboxylic acids is 3. The van der Waals surface area contributed by atoms with Gasteiger partial charge in [-0.25, -0.2) is 0 Å². The van der Waals surface area contributed by atoms with Crippen LogP contribution in [0, 0.1) is 0 Å². The average Bonchev–Trinajstić information content (AvgIpc) is 3.42. The quantitative estimate of drug-likeness (QED) is 0.0261. The van der Waals surface area contributed by atoms with Crippen LogP contribution in [0.5, 0.6) is 0 Å². The minimum Gasteiger partial charge on any atom is -0.462 e. The molecule has 1 unspecified atom stereocenters. The fourth-order valence-corrected chi connectivity index (χ4v) is 10.5. The van der Waals surface area contributed by atoms with Crippen molar-refractivity contribution in [3.8, 4) is 0 Å². The molecule has 0 aromatic carbocycles. The Morgan fingerprint density at radius 2 is 0.434 bits per heavy atom. The van der Waals surface area contributed by atoms with Crippen LogP contribution in [0.25, 0.3) is 0 Å². The smallest absolute Gasteiger partial charge is 0.306 e. The molecule has 0 amide bonds. The van der Waals surface area contributed by atoms with Crippen molar-refractivity contribution >= 4 is 17.9 Å². The monoisotopic (exact) mass is 1070 g/mol. The summed E-state index contributed by atoms with van der Waals surface area (Å²) < 4.78 is 17.0. The molecule has 0 bridgehead atoms. The molecule has 0 rings (SSSR count). The van der Waals surface area contributed by atoms with Crippen LogP contribution in [0.4, 0.5) is 0 Å². The summed E-state index contributed by atoms with van der Waals surface area (Å²) in [5, 5.41) is 0. The summed E-state index contributed by atoms with van der Waals surface area (Å²) in [5.74, 6) is -0.862. The Morgan fingerprint density at radius 3 is 0.658 bits per heavy atom. The highest BCUT2D eigenvalue weighted by Crippen LogP contribution is 2.18. The number of rotatable bonds is 64. The topological polar surface area (TPSA) is 78.9 Å². The summed E-state index contributed by atoms with van der Waals surface area (Å²) >= 11 is 0. The van der Waals surface area contributed by atoms with Gasteiger partial charge in [0.1, 0.15) is 13.2 Å². The lowest BCUT2D eigenvalue weighted by Gasteiger charge is -2.18. The third-order valence-electron chi connectivity index (χ3n) is 15.7. The second kappa shape index (κ2) is 65.4. The molecule has 0 aliphatic rings. The maximum absolute atomic E-state index is 12.9. The summed E-state index contributed by atoms with van der Waals surface area (Å²) in [6.45, 7) is 6.69. The van der Waals surface area contributed by atoms with Gasteiger partial charge in [0.05, 0.1) is 0 Å². The zero-order chi connectivity index (χ0) is 55.0. The Bertz CT molecular complexity index is 1230. The van der Waals surface area contributed by atoms with Gasteiger partial charge in [-0.2, -0.15) is 0 Å². The van der Waals surface area contributed by atoms with Gasteiger partial charge in [0, 0.05) is 19.3 Å². The minimum atomic E-state index is -0.777. The van der Waals surface area contributed by atoms with Crippen molar-refractivity contribution < 1.29 is 28.6 Å². The molecule has 0 aromatic heterocycles. The Morgan fingerprint density at radius 1 is 0.250 bits per heavy atom. The first kappa shape index (κ1) is 73.9.